The molecule has 5 rings (SSSR count). The van der Waals surface area contributed by atoms with Crippen LogP contribution in [0.15, 0.2) is 53.7 Å². The molecule has 3 heterocycles. The van der Waals surface area contributed by atoms with Crippen molar-refractivity contribution in [1.29, 1.82) is 0 Å². The molecule has 1 aliphatic heterocycles. The molecule has 0 atom stereocenters. The number of rotatable bonds is 11. The van der Waals surface area contributed by atoms with Gasteiger partial charge in [0.1, 0.15) is 16.5 Å². The summed E-state index contributed by atoms with van der Waals surface area (Å²) in [7, 11) is 0. The van der Waals surface area contributed by atoms with Gasteiger partial charge in [-0.05, 0) is 53.8 Å². The maximum Gasteiger partial charge on any atom is 0.266 e. The number of amides is 1. The Morgan fingerprint density at radius 3 is 2.84 bits per heavy atom. The number of aliphatic hydroxyl groups is 1. The lowest BCUT2D eigenvalue weighted by molar-refractivity contribution is -0.122. The summed E-state index contributed by atoms with van der Waals surface area (Å²) in [4.78, 5) is 24.1. The molecule has 38 heavy (non-hydrogen) atoms. The summed E-state index contributed by atoms with van der Waals surface area (Å²) in [5.74, 6) is 1.34. The molecular weight excluding hydrogens is 520 g/mol. The smallest absolute Gasteiger partial charge is 0.266 e. The highest BCUT2D eigenvalue weighted by atomic mass is 32.2. The molecule has 1 fully saturated rings. The summed E-state index contributed by atoms with van der Waals surface area (Å²) in [5.41, 5.74) is 3.75. The zero-order valence-electron chi connectivity index (χ0n) is 20.5. The number of thiocarbonyl (C=S) groups is 1. The SMILES string of the molecule is O=C1C(=Cc2cccc(-c3ccc4ncnc(NCCO)c4c3)c2)SC(=S)N1CCCCCc1nn[nH]n1. The number of anilines is 1. The van der Waals surface area contributed by atoms with Crippen molar-refractivity contribution in [3.63, 3.8) is 0 Å². The van der Waals surface area contributed by atoms with Gasteiger partial charge in [0.25, 0.3) is 5.91 Å². The number of hydrogen-bond acceptors (Lipinski definition) is 10. The largest absolute Gasteiger partial charge is 0.395 e. The number of aromatic amines is 1. The quantitative estimate of drug-likeness (QED) is 0.145. The number of carbonyl (C=O) groups excluding carboxylic acids is 1. The number of carbonyl (C=O) groups is 1. The summed E-state index contributed by atoms with van der Waals surface area (Å²) in [6.07, 6.45) is 6.90. The van der Waals surface area contributed by atoms with Crippen molar-refractivity contribution in [2.75, 3.05) is 25.0 Å². The van der Waals surface area contributed by atoms with E-state index in [1.54, 1.807) is 4.90 Å². The van der Waals surface area contributed by atoms with Gasteiger partial charge in [-0.3, -0.25) is 9.69 Å². The third kappa shape index (κ3) is 6.04. The molecule has 1 amide bonds. The fraction of sp³-hybridized carbons (Fsp3) is 0.269. The molecule has 1 saturated heterocycles. The number of unbranched alkanes of at least 4 members (excludes halogenated alkanes) is 2. The number of fused-ring (bicyclic) bond motifs is 1. The van der Waals surface area contributed by atoms with Gasteiger partial charge in [0, 0.05) is 24.9 Å². The Morgan fingerprint density at radius 1 is 1.11 bits per heavy atom. The van der Waals surface area contributed by atoms with Crippen LogP contribution in [0.3, 0.4) is 0 Å². The average molecular weight is 547 g/mol. The predicted molar refractivity (Wildman–Crippen MR) is 152 cm³/mol. The summed E-state index contributed by atoms with van der Waals surface area (Å²) < 4.78 is 0.591. The maximum atomic E-state index is 13.1. The van der Waals surface area contributed by atoms with Gasteiger partial charge in [-0.1, -0.05) is 59.9 Å². The van der Waals surface area contributed by atoms with Gasteiger partial charge >= 0.3 is 0 Å². The monoisotopic (exact) mass is 546 g/mol. The molecule has 0 bridgehead atoms. The lowest BCUT2D eigenvalue weighted by Gasteiger charge is -2.13. The highest BCUT2D eigenvalue weighted by Gasteiger charge is 2.31. The molecule has 12 heteroatoms. The minimum Gasteiger partial charge on any atom is -0.395 e. The van der Waals surface area contributed by atoms with Crippen LogP contribution in [0, 0.1) is 0 Å². The predicted octanol–water partition coefficient (Wildman–Crippen LogP) is 3.83. The van der Waals surface area contributed by atoms with Crippen LogP contribution in [0.2, 0.25) is 0 Å². The molecule has 0 unspecified atom stereocenters. The molecule has 0 radical (unpaired) electrons. The van der Waals surface area contributed by atoms with Crippen LogP contribution in [0.5, 0.6) is 0 Å². The molecule has 3 N–H and O–H groups in total. The Kier molecular flexibility index (Phi) is 8.31. The van der Waals surface area contributed by atoms with Gasteiger partial charge in [0.05, 0.1) is 17.0 Å². The van der Waals surface area contributed by atoms with Crippen molar-refractivity contribution < 1.29 is 9.90 Å². The first-order valence-corrected chi connectivity index (χ1v) is 13.5. The zero-order chi connectivity index (χ0) is 26.3. The molecular formula is C26H26N8O2S2. The fourth-order valence-corrected chi connectivity index (χ4v) is 5.53. The van der Waals surface area contributed by atoms with E-state index < -0.39 is 0 Å². The number of thioether (sulfide) groups is 1. The number of nitrogens with zero attached hydrogens (tertiary/aromatic N) is 6. The van der Waals surface area contributed by atoms with E-state index in [1.807, 2.05) is 42.5 Å². The van der Waals surface area contributed by atoms with Gasteiger partial charge in [-0.15, -0.1) is 10.2 Å². The van der Waals surface area contributed by atoms with Gasteiger partial charge in [-0.2, -0.15) is 5.21 Å². The summed E-state index contributed by atoms with van der Waals surface area (Å²) in [6, 6.07) is 14.0. The Balaban J connectivity index is 1.27. The molecule has 1 aliphatic rings. The molecule has 0 aliphatic carbocycles. The van der Waals surface area contributed by atoms with Gasteiger partial charge in [-0.25, -0.2) is 9.97 Å². The van der Waals surface area contributed by atoms with Crippen LogP contribution >= 0.6 is 24.0 Å². The summed E-state index contributed by atoms with van der Waals surface area (Å²) >= 11 is 6.85. The molecule has 10 nitrogen and oxygen atoms in total. The van der Waals surface area contributed by atoms with Crippen molar-refractivity contribution in [1.82, 2.24) is 35.5 Å². The lowest BCUT2D eigenvalue weighted by atomic mass is 10.0. The molecule has 0 saturated carbocycles. The average Bonchev–Trinajstić information content (AvgIpc) is 3.55. The zero-order valence-corrected chi connectivity index (χ0v) is 22.1. The van der Waals surface area contributed by atoms with Crippen molar-refractivity contribution >= 4 is 57.0 Å². The number of H-pyrrole nitrogens is 1. The Bertz CT molecular complexity index is 1480. The summed E-state index contributed by atoms with van der Waals surface area (Å²) in [5, 5.41) is 27.1. The van der Waals surface area contributed by atoms with E-state index in [4.69, 9.17) is 12.2 Å². The topological polar surface area (TPSA) is 133 Å². The second-order valence-electron chi connectivity index (χ2n) is 8.70. The minimum atomic E-state index is -0.0500. The van der Waals surface area contributed by atoms with E-state index in [1.165, 1.54) is 18.1 Å². The highest BCUT2D eigenvalue weighted by Crippen LogP contribution is 2.34. The standard InChI is InChI=1S/C26H26N8O2S2/c35-12-10-27-24-20-15-19(8-9-21(20)28-16-29-24)18-6-4-5-17(13-18)14-22-25(36)34(26(37)38-22)11-3-1-2-7-23-30-32-33-31-23/h4-6,8-9,13-16,35H,1-3,7,10-12H2,(H,27,28,29)(H,30,31,32,33). The number of hydrogen-bond donors (Lipinski definition) is 3. The Morgan fingerprint density at radius 2 is 2.00 bits per heavy atom. The lowest BCUT2D eigenvalue weighted by Crippen LogP contribution is -2.29. The number of aliphatic hydroxyl groups excluding tert-OH is 1. The fourth-order valence-electron chi connectivity index (χ4n) is 4.22. The number of nitrogens with one attached hydrogen (secondary N) is 2. The number of aryl methyl sites for hydroxylation is 1. The van der Waals surface area contributed by atoms with E-state index in [0.29, 0.717) is 34.0 Å². The van der Waals surface area contributed by atoms with Crippen molar-refractivity contribution in [2.24, 2.45) is 0 Å². The molecule has 2 aromatic carbocycles. The van der Waals surface area contributed by atoms with Crippen LogP contribution in [-0.2, 0) is 11.2 Å². The van der Waals surface area contributed by atoms with E-state index >= 15 is 0 Å². The van der Waals surface area contributed by atoms with Crippen LogP contribution in [0.1, 0.15) is 30.7 Å². The molecule has 0 spiro atoms. The molecule has 194 valence electrons. The third-order valence-electron chi connectivity index (χ3n) is 6.10. The van der Waals surface area contributed by atoms with Gasteiger partial charge in [0.2, 0.25) is 0 Å². The summed E-state index contributed by atoms with van der Waals surface area (Å²) in [6.45, 7) is 1.02. The van der Waals surface area contributed by atoms with Crippen LogP contribution in [-0.4, -0.2) is 70.5 Å². The number of benzene rings is 2. The Labute approximate surface area is 229 Å². The first-order valence-electron chi connectivity index (χ1n) is 12.3. The van der Waals surface area contributed by atoms with Crippen LogP contribution < -0.4 is 5.32 Å². The van der Waals surface area contributed by atoms with Crippen molar-refractivity contribution in [2.45, 2.75) is 25.7 Å². The van der Waals surface area contributed by atoms with E-state index in [-0.39, 0.29) is 12.5 Å². The molecule has 2 aromatic heterocycles. The van der Waals surface area contributed by atoms with Crippen LogP contribution in [0.4, 0.5) is 5.82 Å². The molecule has 4 aromatic rings. The van der Waals surface area contributed by atoms with E-state index in [9.17, 15) is 9.90 Å². The second-order valence-corrected chi connectivity index (χ2v) is 10.4. The van der Waals surface area contributed by atoms with E-state index in [2.05, 4.69) is 42.0 Å². The van der Waals surface area contributed by atoms with E-state index in [0.717, 1.165) is 53.3 Å². The van der Waals surface area contributed by atoms with Crippen molar-refractivity contribution in [3.05, 3.63) is 65.1 Å². The highest BCUT2D eigenvalue weighted by molar-refractivity contribution is 8.26. The van der Waals surface area contributed by atoms with Gasteiger partial charge in [0.15, 0.2) is 5.82 Å². The maximum absolute atomic E-state index is 13.1. The minimum absolute atomic E-state index is 0.0149. The first-order chi connectivity index (χ1) is 18.6. The Hall–Kier alpha value is -3.74. The van der Waals surface area contributed by atoms with Gasteiger partial charge < -0.3 is 10.4 Å². The third-order valence-corrected chi connectivity index (χ3v) is 7.48. The van der Waals surface area contributed by atoms with Crippen molar-refractivity contribution in [3.8, 4) is 11.1 Å². The first kappa shape index (κ1) is 25.9. The number of tetrazole rings is 1. The second kappa shape index (κ2) is 12.2. The number of aromatic nitrogens is 6. The normalized spacial score (nSPS) is 14.7. The van der Waals surface area contributed by atoms with Crippen LogP contribution in [0.25, 0.3) is 28.1 Å².